The maximum absolute atomic E-state index is 13.0. The number of benzene rings is 1. The van der Waals surface area contributed by atoms with Gasteiger partial charge < -0.3 is 21.5 Å². The molecule has 10 heteroatoms. The number of carboxylic acids is 1. The molecule has 1 aromatic carbocycles. The Morgan fingerprint density at radius 1 is 0.906 bits per heavy atom. The first kappa shape index (κ1) is 22.1. The molecule has 2 heterocycles. The zero-order chi connectivity index (χ0) is 23.4. The number of pyridine rings is 2. The van der Waals surface area contributed by atoms with Crippen LogP contribution in [0, 0.1) is 12.3 Å². The number of carbonyl (C=O) groups excluding carboxylic acids is 2. The number of nitrogens with zero attached hydrogens (tertiary/aromatic N) is 2. The monoisotopic (exact) mass is 432 g/mol. The number of anilines is 1. The molecule has 0 atom stereocenters. The number of hydrogen-bond acceptors (Lipinski definition) is 6. The molecule has 0 radical (unpaired) electrons. The predicted molar refractivity (Wildman–Crippen MR) is 118 cm³/mol. The Morgan fingerprint density at radius 3 is 2.12 bits per heavy atom. The van der Waals surface area contributed by atoms with Crippen molar-refractivity contribution >= 4 is 29.3 Å². The lowest BCUT2D eigenvalue weighted by atomic mass is 10.00. The molecule has 2 amide bonds. The van der Waals surface area contributed by atoms with E-state index in [1.54, 1.807) is 43.3 Å². The van der Waals surface area contributed by atoms with Gasteiger partial charge >= 0.3 is 5.97 Å². The van der Waals surface area contributed by atoms with E-state index >= 15 is 0 Å². The van der Waals surface area contributed by atoms with Crippen LogP contribution in [0.3, 0.4) is 0 Å². The first-order valence-electron chi connectivity index (χ1n) is 9.41. The highest BCUT2D eigenvalue weighted by Crippen LogP contribution is 2.27. The number of nitrogens with one attached hydrogen (secondary N) is 3. The summed E-state index contributed by atoms with van der Waals surface area (Å²) in [6.45, 7) is 1.70. The van der Waals surface area contributed by atoms with E-state index in [4.69, 9.17) is 11.1 Å². The zero-order valence-corrected chi connectivity index (χ0v) is 17.3. The average molecular weight is 432 g/mol. The molecule has 2 aromatic heterocycles. The van der Waals surface area contributed by atoms with Gasteiger partial charge in [-0.15, -0.1) is 0 Å². The fourth-order valence-corrected chi connectivity index (χ4v) is 2.96. The van der Waals surface area contributed by atoms with Crippen LogP contribution < -0.4 is 16.4 Å². The number of carboxylic acid groups (broad SMARTS) is 1. The Bertz CT molecular complexity index is 1240. The fourth-order valence-electron chi connectivity index (χ4n) is 2.96. The van der Waals surface area contributed by atoms with E-state index in [2.05, 4.69) is 20.6 Å². The third-order valence-electron chi connectivity index (χ3n) is 4.55. The summed E-state index contributed by atoms with van der Waals surface area (Å²) in [5.41, 5.74) is 6.90. The highest BCUT2D eigenvalue weighted by molar-refractivity contribution is 6.09. The van der Waals surface area contributed by atoms with Gasteiger partial charge in [0.05, 0.1) is 0 Å². The van der Waals surface area contributed by atoms with Crippen molar-refractivity contribution in [2.24, 2.45) is 5.73 Å². The van der Waals surface area contributed by atoms with Crippen molar-refractivity contribution < 1.29 is 19.5 Å². The van der Waals surface area contributed by atoms with Gasteiger partial charge in [0, 0.05) is 35.1 Å². The molecule has 32 heavy (non-hydrogen) atoms. The lowest BCUT2D eigenvalue weighted by molar-refractivity contribution is 0.0691. The van der Waals surface area contributed by atoms with E-state index in [0.717, 1.165) is 0 Å². The fraction of sp³-hybridized carbons (Fsp3) is 0.0909. The Hall–Kier alpha value is -4.60. The first-order chi connectivity index (χ1) is 15.2. The Morgan fingerprint density at radius 2 is 1.53 bits per heavy atom. The molecule has 0 spiro atoms. The maximum Gasteiger partial charge on any atom is 0.355 e. The van der Waals surface area contributed by atoms with E-state index in [1.807, 2.05) is 0 Å². The standard InChI is InChI=1S/C22H20N6O4/c1-11-3-8-14(15-9-10-16(20(29)25-2)28-18(15)22(31)32)17(26-11)21(30)27-13-6-4-12(5-7-13)19(23)24/h3-10H,1-2H3,(H3,23,24)(H,25,29)(H,27,30)(H,31,32). The third kappa shape index (κ3) is 4.59. The van der Waals surface area contributed by atoms with Crippen molar-refractivity contribution in [3.05, 3.63) is 76.9 Å². The van der Waals surface area contributed by atoms with Crippen LogP contribution in [0.5, 0.6) is 0 Å². The van der Waals surface area contributed by atoms with Crippen molar-refractivity contribution in [3.63, 3.8) is 0 Å². The number of rotatable bonds is 6. The van der Waals surface area contributed by atoms with Crippen molar-refractivity contribution in [3.8, 4) is 11.1 Å². The number of amides is 2. The minimum absolute atomic E-state index is 0.00219. The number of aromatic carboxylic acids is 1. The van der Waals surface area contributed by atoms with E-state index in [-0.39, 0.29) is 34.0 Å². The van der Waals surface area contributed by atoms with Gasteiger partial charge in [-0.2, -0.15) is 0 Å². The van der Waals surface area contributed by atoms with Crippen LogP contribution in [0.25, 0.3) is 11.1 Å². The molecule has 6 N–H and O–H groups in total. The molecule has 0 aliphatic rings. The summed E-state index contributed by atoms with van der Waals surface area (Å²) < 4.78 is 0. The zero-order valence-electron chi connectivity index (χ0n) is 17.3. The van der Waals surface area contributed by atoms with Crippen molar-refractivity contribution in [2.75, 3.05) is 12.4 Å². The lowest BCUT2D eigenvalue weighted by Crippen LogP contribution is -2.21. The molecule has 0 aliphatic carbocycles. The molecule has 0 unspecified atom stereocenters. The second kappa shape index (κ2) is 9.04. The SMILES string of the molecule is CNC(=O)c1ccc(-c2ccc(C)nc2C(=O)Nc2ccc(C(=N)N)cc2)c(C(=O)O)n1. The van der Waals surface area contributed by atoms with Gasteiger partial charge in [-0.05, 0) is 49.4 Å². The van der Waals surface area contributed by atoms with E-state index in [9.17, 15) is 19.5 Å². The number of hydrogen-bond donors (Lipinski definition) is 5. The van der Waals surface area contributed by atoms with Gasteiger partial charge in [-0.3, -0.25) is 15.0 Å². The van der Waals surface area contributed by atoms with Gasteiger partial charge in [-0.1, -0.05) is 6.07 Å². The maximum atomic E-state index is 13.0. The Balaban J connectivity index is 2.05. The quantitative estimate of drug-likeness (QED) is 0.293. The van der Waals surface area contributed by atoms with Gasteiger partial charge in [0.2, 0.25) is 0 Å². The van der Waals surface area contributed by atoms with Crippen LogP contribution in [0.1, 0.15) is 42.7 Å². The average Bonchev–Trinajstić information content (AvgIpc) is 2.78. The van der Waals surface area contributed by atoms with E-state index in [1.165, 1.54) is 19.2 Å². The molecule has 0 aliphatic heterocycles. The largest absolute Gasteiger partial charge is 0.476 e. The minimum atomic E-state index is -1.35. The molecule has 0 bridgehead atoms. The Kier molecular flexibility index (Phi) is 6.24. The lowest BCUT2D eigenvalue weighted by Gasteiger charge is -2.13. The first-order valence-corrected chi connectivity index (χ1v) is 9.41. The van der Waals surface area contributed by atoms with Crippen LogP contribution in [0.2, 0.25) is 0 Å². The molecular weight excluding hydrogens is 412 g/mol. The highest BCUT2D eigenvalue weighted by atomic mass is 16.4. The number of aromatic nitrogens is 2. The molecule has 0 saturated heterocycles. The van der Waals surface area contributed by atoms with Gasteiger partial charge in [0.25, 0.3) is 11.8 Å². The molecule has 0 fully saturated rings. The summed E-state index contributed by atoms with van der Waals surface area (Å²) in [7, 11) is 1.41. The summed E-state index contributed by atoms with van der Waals surface area (Å²) in [4.78, 5) is 45.0. The third-order valence-corrected chi connectivity index (χ3v) is 4.55. The normalized spacial score (nSPS) is 10.3. The molecule has 0 saturated carbocycles. The summed E-state index contributed by atoms with van der Waals surface area (Å²) >= 11 is 0. The number of nitrogen functional groups attached to an aromatic ring is 1. The molecule has 3 rings (SSSR count). The summed E-state index contributed by atoms with van der Waals surface area (Å²) in [6, 6.07) is 12.4. The van der Waals surface area contributed by atoms with Crippen LogP contribution in [0.4, 0.5) is 5.69 Å². The Labute approximate surface area is 183 Å². The second-order valence-electron chi connectivity index (χ2n) is 6.77. The summed E-state index contributed by atoms with van der Waals surface area (Å²) in [6.07, 6.45) is 0. The summed E-state index contributed by atoms with van der Waals surface area (Å²) in [5.74, 6) is -2.55. The molecular formula is C22H20N6O4. The smallest absolute Gasteiger partial charge is 0.355 e. The van der Waals surface area contributed by atoms with Crippen molar-refractivity contribution in [2.45, 2.75) is 6.92 Å². The highest BCUT2D eigenvalue weighted by Gasteiger charge is 2.22. The van der Waals surface area contributed by atoms with E-state index < -0.39 is 17.8 Å². The van der Waals surface area contributed by atoms with Crippen LogP contribution in [0.15, 0.2) is 48.5 Å². The number of nitrogens with two attached hydrogens (primary N) is 1. The topological polar surface area (TPSA) is 171 Å². The van der Waals surface area contributed by atoms with Crippen molar-refractivity contribution in [1.29, 1.82) is 5.41 Å². The summed E-state index contributed by atoms with van der Waals surface area (Å²) in [5, 5.41) is 22.2. The second-order valence-corrected chi connectivity index (χ2v) is 6.77. The van der Waals surface area contributed by atoms with Crippen LogP contribution in [-0.2, 0) is 0 Å². The van der Waals surface area contributed by atoms with Gasteiger partial charge in [0.15, 0.2) is 5.69 Å². The predicted octanol–water partition coefficient (Wildman–Crippen LogP) is 2.05. The van der Waals surface area contributed by atoms with Crippen molar-refractivity contribution in [1.82, 2.24) is 15.3 Å². The number of aryl methyl sites for hydroxylation is 1. The van der Waals surface area contributed by atoms with E-state index in [0.29, 0.717) is 16.9 Å². The van der Waals surface area contributed by atoms with Gasteiger partial charge in [0.1, 0.15) is 17.2 Å². The number of amidine groups is 1. The minimum Gasteiger partial charge on any atom is -0.476 e. The van der Waals surface area contributed by atoms with Crippen LogP contribution in [-0.4, -0.2) is 45.7 Å². The number of carbonyl (C=O) groups is 3. The van der Waals surface area contributed by atoms with Crippen LogP contribution >= 0.6 is 0 Å². The van der Waals surface area contributed by atoms with Gasteiger partial charge in [-0.25, -0.2) is 14.8 Å². The molecule has 3 aromatic rings. The molecule has 162 valence electrons. The molecule has 10 nitrogen and oxygen atoms in total.